The smallest absolute Gasteiger partial charge is 0.414 e. The predicted octanol–water partition coefficient (Wildman–Crippen LogP) is 2.07. The number of allylic oxidation sites excluding steroid dienone is 2. The van der Waals surface area contributed by atoms with Gasteiger partial charge in [0.25, 0.3) is 0 Å². The highest BCUT2D eigenvalue weighted by Crippen LogP contribution is 2.33. The molecule has 3 aliphatic rings. The van der Waals surface area contributed by atoms with Crippen LogP contribution in [-0.2, 0) is 9.47 Å². The fraction of sp³-hybridized carbons (Fsp3) is 0.375. The molecule has 0 saturated heterocycles. The van der Waals surface area contributed by atoms with Crippen molar-refractivity contribution < 1.29 is 19.1 Å². The summed E-state index contributed by atoms with van der Waals surface area (Å²) in [7, 11) is 2.71. The number of rotatable bonds is 0. The fourth-order valence-corrected chi connectivity index (χ4v) is 3.17. The molecule has 0 radical (unpaired) electrons. The topological polar surface area (TPSA) is 59.1 Å². The van der Waals surface area contributed by atoms with Gasteiger partial charge in [-0.1, -0.05) is 42.5 Å². The Balaban J connectivity index is 2.10. The van der Waals surface area contributed by atoms with Crippen molar-refractivity contribution in [3.05, 3.63) is 48.7 Å². The zero-order valence-electron chi connectivity index (χ0n) is 12.5. The van der Waals surface area contributed by atoms with E-state index in [0.717, 1.165) is 0 Å². The molecule has 4 atom stereocenters. The molecule has 3 aliphatic heterocycles. The molecule has 3 heterocycles. The lowest BCUT2D eigenvalue weighted by atomic mass is 9.97. The van der Waals surface area contributed by atoms with Gasteiger partial charge < -0.3 is 9.47 Å². The summed E-state index contributed by atoms with van der Waals surface area (Å²) >= 11 is 0. The molecule has 0 N–H and O–H groups in total. The molecule has 0 saturated carbocycles. The Kier molecular flexibility index (Phi) is 3.75. The van der Waals surface area contributed by atoms with Crippen molar-refractivity contribution in [2.75, 3.05) is 14.2 Å². The Hall–Kier alpha value is -2.50. The number of amides is 2. The van der Waals surface area contributed by atoms with Crippen molar-refractivity contribution >= 4 is 12.2 Å². The molecular weight excluding hydrogens is 284 g/mol. The second-order valence-corrected chi connectivity index (χ2v) is 5.30. The van der Waals surface area contributed by atoms with Gasteiger partial charge in [-0.2, -0.15) is 0 Å². The van der Waals surface area contributed by atoms with Gasteiger partial charge in [-0.15, -0.1) is 0 Å². The van der Waals surface area contributed by atoms with Crippen LogP contribution in [0, 0.1) is 5.92 Å². The number of fused-ring (bicyclic) bond motifs is 6. The van der Waals surface area contributed by atoms with Crippen LogP contribution in [0.15, 0.2) is 48.7 Å². The lowest BCUT2D eigenvalue weighted by Gasteiger charge is -2.40. The standard InChI is InChI=1S/C16H18N2O4/c1-21-15(19)17-10-9-11-7-8-13(17)14-6-4-3-5-12(11)18(14)16(20)22-2/h3-14H,1-2H3/t11-,12-,13+,14-/m1/s1. The quantitative estimate of drug-likeness (QED) is 0.643. The highest BCUT2D eigenvalue weighted by atomic mass is 16.5. The summed E-state index contributed by atoms with van der Waals surface area (Å²) in [6.45, 7) is 0. The Morgan fingerprint density at radius 1 is 0.818 bits per heavy atom. The first-order valence-corrected chi connectivity index (χ1v) is 7.11. The predicted molar refractivity (Wildman–Crippen MR) is 79.9 cm³/mol. The first-order valence-electron chi connectivity index (χ1n) is 7.11. The molecule has 0 aromatic rings. The molecule has 22 heavy (non-hydrogen) atoms. The van der Waals surface area contributed by atoms with E-state index in [1.54, 1.807) is 11.1 Å². The van der Waals surface area contributed by atoms with Crippen LogP contribution >= 0.6 is 0 Å². The third-order valence-corrected chi connectivity index (χ3v) is 4.21. The molecule has 0 aromatic heterocycles. The second kappa shape index (κ2) is 5.71. The molecule has 6 nitrogen and oxygen atoms in total. The van der Waals surface area contributed by atoms with E-state index >= 15 is 0 Å². The average molecular weight is 302 g/mol. The van der Waals surface area contributed by atoms with Gasteiger partial charge in [0.05, 0.1) is 32.3 Å². The van der Waals surface area contributed by atoms with Crippen molar-refractivity contribution in [3.8, 4) is 0 Å². The molecule has 2 amide bonds. The van der Waals surface area contributed by atoms with Crippen LogP contribution in [0.4, 0.5) is 9.59 Å². The van der Waals surface area contributed by atoms with Gasteiger partial charge >= 0.3 is 12.2 Å². The number of ether oxygens (including phenoxy) is 2. The molecule has 4 bridgehead atoms. The molecule has 116 valence electrons. The Labute approximate surface area is 129 Å². The fourth-order valence-electron chi connectivity index (χ4n) is 3.17. The molecule has 3 rings (SSSR count). The number of nitrogens with zero attached hydrogens (tertiary/aromatic N) is 2. The maximum absolute atomic E-state index is 12.3. The lowest BCUT2D eigenvalue weighted by Crippen LogP contribution is -2.56. The summed E-state index contributed by atoms with van der Waals surface area (Å²) in [5.41, 5.74) is 0. The molecule has 0 fully saturated rings. The summed E-state index contributed by atoms with van der Waals surface area (Å²) in [4.78, 5) is 27.5. The van der Waals surface area contributed by atoms with E-state index in [2.05, 4.69) is 0 Å². The molecule has 0 aliphatic carbocycles. The van der Waals surface area contributed by atoms with Crippen LogP contribution in [0.5, 0.6) is 0 Å². The minimum Gasteiger partial charge on any atom is -0.453 e. The Bertz CT molecular complexity index is 593. The maximum Gasteiger partial charge on any atom is 0.414 e. The first-order chi connectivity index (χ1) is 10.7. The van der Waals surface area contributed by atoms with Crippen LogP contribution in [0.1, 0.15) is 0 Å². The van der Waals surface area contributed by atoms with Gasteiger partial charge in [-0.25, -0.2) is 9.59 Å². The van der Waals surface area contributed by atoms with E-state index in [-0.39, 0.29) is 24.0 Å². The van der Waals surface area contributed by atoms with E-state index < -0.39 is 12.2 Å². The lowest BCUT2D eigenvalue weighted by molar-refractivity contribution is 0.0739. The Morgan fingerprint density at radius 3 is 2.18 bits per heavy atom. The summed E-state index contributed by atoms with van der Waals surface area (Å²) in [5.74, 6) is -0.0302. The van der Waals surface area contributed by atoms with E-state index in [1.165, 1.54) is 19.1 Å². The molecular formula is C16H18N2O4. The average Bonchev–Trinajstić information content (AvgIpc) is 2.95. The molecule has 6 heteroatoms. The zero-order valence-corrected chi connectivity index (χ0v) is 12.5. The van der Waals surface area contributed by atoms with Crippen LogP contribution in [-0.4, -0.2) is 54.3 Å². The SMILES string of the molecule is COC(=O)N1C=C[C@H]2C=C[C@H]1[C@H]1C=CC=C[C@H]2N1C(=O)OC. The number of methoxy groups -OCH3 is 2. The van der Waals surface area contributed by atoms with E-state index in [9.17, 15) is 9.59 Å². The van der Waals surface area contributed by atoms with Gasteiger partial charge in [0.1, 0.15) is 0 Å². The van der Waals surface area contributed by atoms with Crippen molar-refractivity contribution in [3.63, 3.8) is 0 Å². The van der Waals surface area contributed by atoms with Crippen molar-refractivity contribution in [2.24, 2.45) is 5.92 Å². The summed E-state index contributed by atoms with van der Waals surface area (Å²) in [6, 6.07) is -0.809. The van der Waals surface area contributed by atoms with Gasteiger partial charge in [-0.3, -0.25) is 9.80 Å². The van der Waals surface area contributed by atoms with Crippen LogP contribution in [0.3, 0.4) is 0 Å². The third-order valence-electron chi connectivity index (χ3n) is 4.21. The summed E-state index contributed by atoms with van der Waals surface area (Å²) < 4.78 is 9.81. The number of hydrogen-bond donors (Lipinski definition) is 0. The van der Waals surface area contributed by atoms with Crippen LogP contribution < -0.4 is 0 Å². The van der Waals surface area contributed by atoms with Gasteiger partial charge in [0.15, 0.2) is 0 Å². The minimum atomic E-state index is -0.458. The van der Waals surface area contributed by atoms with Gasteiger partial charge in [0, 0.05) is 12.1 Å². The highest BCUT2D eigenvalue weighted by Gasteiger charge is 2.43. The monoisotopic (exact) mass is 302 g/mol. The minimum absolute atomic E-state index is 0.0302. The Morgan fingerprint density at radius 2 is 1.50 bits per heavy atom. The van der Waals surface area contributed by atoms with Crippen LogP contribution in [0.25, 0.3) is 0 Å². The van der Waals surface area contributed by atoms with E-state index in [1.807, 2.05) is 42.5 Å². The number of carbonyl (C=O) groups is 2. The van der Waals surface area contributed by atoms with Crippen molar-refractivity contribution in [1.82, 2.24) is 9.80 Å². The largest absolute Gasteiger partial charge is 0.453 e. The molecule has 0 aromatic carbocycles. The van der Waals surface area contributed by atoms with E-state index in [4.69, 9.17) is 9.47 Å². The summed E-state index contributed by atoms with van der Waals surface area (Å²) in [5, 5.41) is 0. The maximum atomic E-state index is 12.3. The van der Waals surface area contributed by atoms with Gasteiger partial charge in [0.2, 0.25) is 0 Å². The highest BCUT2D eigenvalue weighted by molar-refractivity contribution is 5.73. The molecule has 0 unspecified atom stereocenters. The normalized spacial score (nSPS) is 31.5. The summed E-state index contributed by atoms with van der Waals surface area (Å²) in [6.07, 6.45) is 14.4. The second-order valence-electron chi connectivity index (χ2n) is 5.30. The van der Waals surface area contributed by atoms with Crippen LogP contribution in [0.2, 0.25) is 0 Å². The number of hydrogen-bond acceptors (Lipinski definition) is 4. The number of carbonyl (C=O) groups excluding carboxylic acids is 2. The third kappa shape index (κ3) is 2.20. The van der Waals surface area contributed by atoms with Crippen molar-refractivity contribution in [1.29, 1.82) is 0 Å². The molecule has 0 spiro atoms. The van der Waals surface area contributed by atoms with E-state index in [0.29, 0.717) is 0 Å². The zero-order chi connectivity index (χ0) is 15.7. The van der Waals surface area contributed by atoms with Gasteiger partial charge in [-0.05, 0) is 0 Å². The van der Waals surface area contributed by atoms with Crippen molar-refractivity contribution in [2.45, 2.75) is 18.1 Å². The first kappa shape index (κ1) is 14.4.